The third-order valence-corrected chi connectivity index (χ3v) is 2.57. The zero-order valence-corrected chi connectivity index (χ0v) is 11.4. The topological polar surface area (TPSA) is 92.9 Å². The summed E-state index contributed by atoms with van der Waals surface area (Å²) in [5.74, 6) is 0.176. The molecule has 0 aliphatic heterocycles. The summed E-state index contributed by atoms with van der Waals surface area (Å²) in [6, 6.07) is 3.91. The summed E-state index contributed by atoms with van der Waals surface area (Å²) < 4.78 is 37.5. The molecule has 0 spiro atoms. The highest BCUT2D eigenvalue weighted by Gasteiger charge is 2.31. The average molecular weight is 311 g/mol. The number of nitrogen functional groups attached to an aromatic ring is 1. The SMILES string of the molecule is CC(=O)Nc1ccc(Nc2ncc(C(F)(F)F)cc2N)cn1. The van der Waals surface area contributed by atoms with Crippen LogP contribution in [-0.2, 0) is 11.0 Å². The highest BCUT2D eigenvalue weighted by molar-refractivity contribution is 5.87. The number of aromatic nitrogens is 2. The Balaban J connectivity index is 2.15. The number of alkyl halides is 3. The van der Waals surface area contributed by atoms with Gasteiger partial charge in [-0.1, -0.05) is 0 Å². The van der Waals surface area contributed by atoms with E-state index in [2.05, 4.69) is 20.6 Å². The van der Waals surface area contributed by atoms with E-state index in [1.165, 1.54) is 19.2 Å². The predicted molar refractivity (Wildman–Crippen MR) is 75.5 cm³/mol. The van der Waals surface area contributed by atoms with Gasteiger partial charge in [0.15, 0.2) is 5.82 Å². The minimum Gasteiger partial charge on any atom is -0.396 e. The molecule has 2 rings (SSSR count). The molecule has 0 atom stereocenters. The standard InChI is InChI=1S/C13H12F3N5O/c1-7(22)20-11-3-2-9(6-18-11)21-12-10(17)4-8(5-19-12)13(14,15)16/h2-6H,17H2,1H3,(H,19,21)(H,18,20,22). The molecule has 0 saturated heterocycles. The summed E-state index contributed by atoms with van der Waals surface area (Å²) in [6.45, 7) is 1.35. The number of nitrogens with two attached hydrogens (primary N) is 1. The van der Waals surface area contributed by atoms with E-state index < -0.39 is 11.7 Å². The normalized spacial score (nSPS) is 11.1. The third kappa shape index (κ3) is 3.84. The van der Waals surface area contributed by atoms with Crippen molar-refractivity contribution in [1.29, 1.82) is 0 Å². The van der Waals surface area contributed by atoms with Gasteiger partial charge < -0.3 is 16.4 Å². The van der Waals surface area contributed by atoms with Crippen LogP contribution >= 0.6 is 0 Å². The Bertz CT molecular complexity index is 685. The number of nitrogens with zero attached hydrogens (tertiary/aromatic N) is 2. The number of carbonyl (C=O) groups excluding carboxylic acids is 1. The fourth-order valence-corrected chi connectivity index (χ4v) is 1.60. The molecule has 9 heteroatoms. The lowest BCUT2D eigenvalue weighted by atomic mass is 10.2. The lowest BCUT2D eigenvalue weighted by Gasteiger charge is -2.11. The van der Waals surface area contributed by atoms with Crippen LogP contribution in [0.5, 0.6) is 0 Å². The van der Waals surface area contributed by atoms with Crippen molar-refractivity contribution in [1.82, 2.24) is 9.97 Å². The highest BCUT2D eigenvalue weighted by atomic mass is 19.4. The number of hydrogen-bond donors (Lipinski definition) is 3. The zero-order chi connectivity index (χ0) is 16.3. The van der Waals surface area contributed by atoms with Crippen LogP contribution in [-0.4, -0.2) is 15.9 Å². The molecule has 2 heterocycles. The first-order valence-electron chi connectivity index (χ1n) is 6.09. The molecule has 0 aliphatic carbocycles. The fourth-order valence-electron chi connectivity index (χ4n) is 1.60. The number of rotatable bonds is 3. The lowest BCUT2D eigenvalue weighted by molar-refractivity contribution is -0.137. The number of hydrogen-bond acceptors (Lipinski definition) is 5. The molecule has 0 saturated carbocycles. The smallest absolute Gasteiger partial charge is 0.396 e. The first-order chi connectivity index (χ1) is 10.3. The van der Waals surface area contributed by atoms with Gasteiger partial charge >= 0.3 is 6.18 Å². The van der Waals surface area contributed by atoms with E-state index in [4.69, 9.17) is 5.73 Å². The number of amides is 1. The molecule has 4 N–H and O–H groups in total. The average Bonchev–Trinajstić information content (AvgIpc) is 2.41. The molecule has 22 heavy (non-hydrogen) atoms. The van der Waals surface area contributed by atoms with E-state index in [0.717, 1.165) is 6.07 Å². The van der Waals surface area contributed by atoms with E-state index in [1.54, 1.807) is 6.07 Å². The molecule has 2 aromatic heterocycles. The van der Waals surface area contributed by atoms with Crippen LogP contribution in [0.4, 0.5) is 36.2 Å². The van der Waals surface area contributed by atoms with Gasteiger partial charge in [-0.05, 0) is 18.2 Å². The van der Waals surface area contributed by atoms with Crippen molar-refractivity contribution in [2.75, 3.05) is 16.4 Å². The van der Waals surface area contributed by atoms with Crippen LogP contribution in [0.1, 0.15) is 12.5 Å². The largest absolute Gasteiger partial charge is 0.417 e. The number of anilines is 4. The quantitative estimate of drug-likeness (QED) is 0.810. The van der Waals surface area contributed by atoms with Crippen molar-refractivity contribution in [2.45, 2.75) is 13.1 Å². The summed E-state index contributed by atoms with van der Waals surface area (Å²) >= 11 is 0. The Morgan fingerprint density at radius 3 is 2.45 bits per heavy atom. The molecule has 2 aromatic rings. The van der Waals surface area contributed by atoms with Gasteiger partial charge in [-0.25, -0.2) is 9.97 Å². The van der Waals surface area contributed by atoms with Crippen molar-refractivity contribution >= 4 is 28.9 Å². The molecule has 1 amide bonds. The first-order valence-corrected chi connectivity index (χ1v) is 6.09. The van der Waals surface area contributed by atoms with Gasteiger partial charge in [0.1, 0.15) is 5.82 Å². The van der Waals surface area contributed by atoms with Gasteiger partial charge in [-0.15, -0.1) is 0 Å². The molecular formula is C13H12F3N5O. The molecule has 116 valence electrons. The van der Waals surface area contributed by atoms with E-state index in [1.807, 2.05) is 0 Å². The Morgan fingerprint density at radius 1 is 1.23 bits per heavy atom. The predicted octanol–water partition coefficient (Wildman–Crippen LogP) is 2.78. The van der Waals surface area contributed by atoms with Crippen molar-refractivity contribution in [3.8, 4) is 0 Å². The van der Waals surface area contributed by atoms with Gasteiger partial charge in [0.25, 0.3) is 0 Å². The Labute approximate surface area is 123 Å². The van der Waals surface area contributed by atoms with E-state index in [0.29, 0.717) is 17.7 Å². The minimum atomic E-state index is -4.50. The summed E-state index contributed by atoms with van der Waals surface area (Å²) in [4.78, 5) is 18.5. The Morgan fingerprint density at radius 2 is 1.95 bits per heavy atom. The molecule has 0 aromatic carbocycles. The summed E-state index contributed by atoms with van der Waals surface area (Å²) in [5.41, 5.74) is 4.97. The van der Waals surface area contributed by atoms with Crippen molar-refractivity contribution < 1.29 is 18.0 Å². The van der Waals surface area contributed by atoms with Crippen molar-refractivity contribution in [3.05, 3.63) is 36.2 Å². The van der Waals surface area contributed by atoms with Crippen LogP contribution in [0, 0.1) is 0 Å². The maximum Gasteiger partial charge on any atom is 0.417 e. The second kappa shape index (κ2) is 5.88. The van der Waals surface area contributed by atoms with Gasteiger partial charge in [-0.3, -0.25) is 4.79 Å². The van der Waals surface area contributed by atoms with Crippen molar-refractivity contribution in [3.63, 3.8) is 0 Å². The number of pyridine rings is 2. The van der Waals surface area contributed by atoms with Gasteiger partial charge in [0.05, 0.1) is 23.1 Å². The lowest BCUT2D eigenvalue weighted by Crippen LogP contribution is -2.09. The van der Waals surface area contributed by atoms with E-state index in [-0.39, 0.29) is 17.4 Å². The van der Waals surface area contributed by atoms with E-state index in [9.17, 15) is 18.0 Å². The summed E-state index contributed by atoms with van der Waals surface area (Å²) in [5, 5.41) is 5.24. The second-order valence-corrected chi connectivity index (χ2v) is 4.40. The first kappa shape index (κ1) is 15.5. The van der Waals surface area contributed by atoms with Gasteiger partial charge in [0, 0.05) is 13.1 Å². The highest BCUT2D eigenvalue weighted by Crippen LogP contribution is 2.32. The molecule has 0 unspecified atom stereocenters. The van der Waals surface area contributed by atoms with Gasteiger partial charge in [0.2, 0.25) is 5.91 Å². The summed E-state index contributed by atoms with van der Waals surface area (Å²) in [6.07, 6.45) is -2.41. The number of nitrogens with one attached hydrogen (secondary N) is 2. The van der Waals surface area contributed by atoms with Crippen LogP contribution in [0.2, 0.25) is 0 Å². The molecular weight excluding hydrogens is 299 g/mol. The molecule has 6 nitrogen and oxygen atoms in total. The third-order valence-electron chi connectivity index (χ3n) is 2.57. The van der Waals surface area contributed by atoms with Crippen LogP contribution in [0.15, 0.2) is 30.6 Å². The fraction of sp³-hybridized carbons (Fsp3) is 0.154. The second-order valence-electron chi connectivity index (χ2n) is 4.40. The maximum absolute atomic E-state index is 12.5. The molecule has 0 radical (unpaired) electrons. The summed E-state index contributed by atoms with van der Waals surface area (Å²) in [7, 11) is 0. The maximum atomic E-state index is 12.5. The zero-order valence-electron chi connectivity index (χ0n) is 11.4. The Kier molecular flexibility index (Phi) is 4.15. The van der Waals surface area contributed by atoms with Crippen LogP contribution in [0.25, 0.3) is 0 Å². The van der Waals surface area contributed by atoms with E-state index >= 15 is 0 Å². The van der Waals surface area contributed by atoms with Crippen LogP contribution < -0.4 is 16.4 Å². The van der Waals surface area contributed by atoms with Crippen molar-refractivity contribution in [2.24, 2.45) is 0 Å². The number of halogens is 3. The minimum absolute atomic E-state index is 0.0853. The molecule has 0 bridgehead atoms. The number of carbonyl (C=O) groups is 1. The molecule has 0 fully saturated rings. The van der Waals surface area contributed by atoms with Gasteiger partial charge in [-0.2, -0.15) is 13.2 Å². The van der Waals surface area contributed by atoms with Crippen LogP contribution in [0.3, 0.4) is 0 Å². The molecule has 0 aliphatic rings. The monoisotopic (exact) mass is 311 g/mol. The Hall–Kier alpha value is -2.84.